The van der Waals surface area contributed by atoms with Gasteiger partial charge in [-0.15, -0.1) is 0 Å². The molecule has 1 N–H and O–H groups in total. The van der Waals surface area contributed by atoms with E-state index in [9.17, 15) is 9.59 Å². The molecule has 2 aromatic carbocycles. The lowest BCUT2D eigenvalue weighted by Gasteiger charge is -2.41. The molecule has 0 aliphatic carbocycles. The molecular formula is C26H32N2O5. The zero-order chi connectivity index (χ0) is 23.2. The van der Waals surface area contributed by atoms with Gasteiger partial charge in [-0.05, 0) is 31.0 Å². The van der Waals surface area contributed by atoms with Crippen LogP contribution < -0.4 is 19.5 Å². The van der Waals surface area contributed by atoms with Gasteiger partial charge in [-0.25, -0.2) is 0 Å². The van der Waals surface area contributed by atoms with Gasteiger partial charge < -0.3 is 24.4 Å². The summed E-state index contributed by atoms with van der Waals surface area (Å²) < 4.78 is 17.1. The fourth-order valence-electron chi connectivity index (χ4n) is 4.59. The third-order valence-electron chi connectivity index (χ3n) is 6.27. The van der Waals surface area contributed by atoms with Crippen molar-refractivity contribution in [1.82, 2.24) is 4.90 Å². The number of methoxy groups -OCH3 is 1. The quantitative estimate of drug-likeness (QED) is 0.666. The predicted molar refractivity (Wildman–Crippen MR) is 126 cm³/mol. The first kappa shape index (κ1) is 23.0. The highest BCUT2D eigenvalue weighted by Gasteiger charge is 2.41. The number of benzene rings is 2. The van der Waals surface area contributed by atoms with Gasteiger partial charge in [0.1, 0.15) is 5.75 Å². The Morgan fingerprint density at radius 3 is 2.73 bits per heavy atom. The van der Waals surface area contributed by atoms with Crippen LogP contribution in [0, 0.1) is 5.92 Å². The molecule has 7 heteroatoms. The van der Waals surface area contributed by atoms with E-state index < -0.39 is 5.92 Å². The maximum atomic E-state index is 13.6. The summed E-state index contributed by atoms with van der Waals surface area (Å²) in [6, 6.07) is 12.7. The molecule has 2 aromatic rings. The largest absolute Gasteiger partial charge is 0.496 e. The summed E-state index contributed by atoms with van der Waals surface area (Å²) in [5.74, 6) is 1.58. The molecule has 7 nitrogen and oxygen atoms in total. The Morgan fingerprint density at radius 2 is 1.94 bits per heavy atom. The second-order valence-corrected chi connectivity index (χ2v) is 8.47. The molecule has 33 heavy (non-hydrogen) atoms. The Hall–Kier alpha value is -3.22. The standard InChI is InChI=1S/C26H32N2O5/c1-3-4-14-28-24(29)13-11-20(25(28)19-8-5-6-9-21(19)31-2)26(30)27-18-10-12-22-23(17-18)33-16-7-15-32-22/h5-6,8-10,12,17,20,25H,3-4,7,11,13-16H2,1-2H3,(H,27,30). The van der Waals surface area contributed by atoms with E-state index >= 15 is 0 Å². The molecule has 0 bridgehead atoms. The van der Waals surface area contributed by atoms with Crippen LogP contribution in [0.2, 0.25) is 0 Å². The number of hydrogen-bond donors (Lipinski definition) is 1. The fraction of sp³-hybridized carbons (Fsp3) is 0.462. The first-order valence-corrected chi connectivity index (χ1v) is 11.7. The van der Waals surface area contributed by atoms with E-state index in [1.807, 2.05) is 41.3 Å². The number of carbonyl (C=O) groups is 2. The molecule has 2 aliphatic rings. The number of para-hydroxylation sites is 1. The molecular weight excluding hydrogens is 420 g/mol. The van der Waals surface area contributed by atoms with Crippen LogP contribution >= 0.6 is 0 Å². The lowest BCUT2D eigenvalue weighted by molar-refractivity contribution is -0.142. The average Bonchev–Trinajstić information content (AvgIpc) is 3.08. The molecule has 0 saturated carbocycles. The van der Waals surface area contributed by atoms with Crippen molar-refractivity contribution in [2.24, 2.45) is 5.92 Å². The predicted octanol–water partition coefficient (Wildman–Crippen LogP) is 4.58. The van der Waals surface area contributed by atoms with Gasteiger partial charge in [0, 0.05) is 36.7 Å². The number of anilines is 1. The molecule has 2 aliphatic heterocycles. The minimum atomic E-state index is -0.396. The minimum absolute atomic E-state index is 0.0824. The molecule has 1 fully saturated rings. The third kappa shape index (κ3) is 5.07. The fourth-order valence-corrected chi connectivity index (χ4v) is 4.59. The summed E-state index contributed by atoms with van der Waals surface area (Å²) in [5.41, 5.74) is 1.52. The van der Waals surface area contributed by atoms with E-state index in [1.165, 1.54) is 0 Å². The Bertz CT molecular complexity index is 992. The van der Waals surface area contributed by atoms with E-state index in [0.29, 0.717) is 55.5 Å². The van der Waals surface area contributed by atoms with E-state index in [2.05, 4.69) is 12.2 Å². The Balaban J connectivity index is 1.63. The second-order valence-electron chi connectivity index (χ2n) is 8.47. The van der Waals surface area contributed by atoms with Gasteiger partial charge in [0.2, 0.25) is 11.8 Å². The van der Waals surface area contributed by atoms with Gasteiger partial charge in [0.15, 0.2) is 11.5 Å². The zero-order valence-electron chi connectivity index (χ0n) is 19.3. The number of rotatable bonds is 7. The Labute approximate surface area is 195 Å². The van der Waals surface area contributed by atoms with Crippen molar-refractivity contribution in [3.05, 3.63) is 48.0 Å². The van der Waals surface area contributed by atoms with Gasteiger partial charge in [-0.3, -0.25) is 9.59 Å². The van der Waals surface area contributed by atoms with Crippen molar-refractivity contribution < 1.29 is 23.8 Å². The summed E-state index contributed by atoms with van der Waals surface area (Å²) in [6.07, 6.45) is 3.51. The highest BCUT2D eigenvalue weighted by molar-refractivity contribution is 5.95. The van der Waals surface area contributed by atoms with Gasteiger partial charge in [0.05, 0.1) is 32.3 Å². The van der Waals surface area contributed by atoms with Crippen LogP contribution in [0.1, 0.15) is 50.6 Å². The molecule has 1 saturated heterocycles. The van der Waals surface area contributed by atoms with Gasteiger partial charge in [-0.1, -0.05) is 31.5 Å². The summed E-state index contributed by atoms with van der Waals surface area (Å²) in [4.78, 5) is 28.3. The highest BCUT2D eigenvalue weighted by Crippen LogP contribution is 2.41. The normalized spacial score (nSPS) is 20.2. The highest BCUT2D eigenvalue weighted by atomic mass is 16.5. The van der Waals surface area contributed by atoms with Crippen molar-refractivity contribution in [3.63, 3.8) is 0 Å². The molecule has 2 atom stereocenters. The van der Waals surface area contributed by atoms with Gasteiger partial charge >= 0.3 is 0 Å². The number of hydrogen-bond acceptors (Lipinski definition) is 5. The minimum Gasteiger partial charge on any atom is -0.496 e. The van der Waals surface area contributed by atoms with Crippen LogP contribution in [0.15, 0.2) is 42.5 Å². The lowest BCUT2D eigenvalue weighted by atomic mass is 9.83. The molecule has 176 valence electrons. The Kier molecular flexibility index (Phi) is 7.37. The number of ether oxygens (including phenoxy) is 3. The third-order valence-corrected chi connectivity index (χ3v) is 6.27. The van der Waals surface area contributed by atoms with Crippen LogP contribution in [0.3, 0.4) is 0 Å². The number of carbonyl (C=O) groups excluding carboxylic acids is 2. The summed E-state index contributed by atoms with van der Waals surface area (Å²) >= 11 is 0. The monoisotopic (exact) mass is 452 g/mol. The van der Waals surface area contributed by atoms with Crippen LogP contribution in [-0.4, -0.2) is 43.6 Å². The van der Waals surface area contributed by atoms with Crippen molar-refractivity contribution in [2.75, 3.05) is 32.2 Å². The van der Waals surface area contributed by atoms with Crippen LogP contribution in [0.25, 0.3) is 0 Å². The summed E-state index contributed by atoms with van der Waals surface area (Å²) in [5, 5.41) is 3.06. The number of unbranched alkanes of at least 4 members (excludes halogenated alkanes) is 1. The van der Waals surface area contributed by atoms with E-state index in [4.69, 9.17) is 14.2 Å². The SMILES string of the molecule is CCCCN1C(=O)CCC(C(=O)Nc2ccc3c(c2)OCCCO3)C1c1ccccc1OC. The maximum Gasteiger partial charge on any atom is 0.229 e. The molecule has 4 rings (SSSR count). The van der Waals surface area contributed by atoms with Gasteiger partial charge in [-0.2, -0.15) is 0 Å². The van der Waals surface area contributed by atoms with E-state index in [0.717, 1.165) is 24.8 Å². The molecule has 0 aromatic heterocycles. The lowest BCUT2D eigenvalue weighted by Crippen LogP contribution is -2.47. The molecule has 2 amide bonds. The topological polar surface area (TPSA) is 77.1 Å². The second kappa shape index (κ2) is 10.6. The molecule has 2 unspecified atom stereocenters. The van der Waals surface area contributed by atoms with Crippen LogP contribution in [0.4, 0.5) is 5.69 Å². The zero-order valence-corrected chi connectivity index (χ0v) is 19.3. The number of amides is 2. The first-order valence-electron chi connectivity index (χ1n) is 11.7. The van der Waals surface area contributed by atoms with Crippen molar-refractivity contribution in [2.45, 2.75) is 45.1 Å². The van der Waals surface area contributed by atoms with Crippen LogP contribution in [0.5, 0.6) is 17.2 Å². The average molecular weight is 453 g/mol. The number of likely N-dealkylation sites (tertiary alicyclic amines) is 1. The first-order chi connectivity index (χ1) is 16.1. The smallest absolute Gasteiger partial charge is 0.229 e. The van der Waals surface area contributed by atoms with E-state index in [-0.39, 0.29) is 17.9 Å². The maximum absolute atomic E-state index is 13.6. The van der Waals surface area contributed by atoms with Crippen molar-refractivity contribution in [3.8, 4) is 17.2 Å². The molecule has 2 heterocycles. The number of piperidine rings is 1. The number of nitrogens with zero attached hydrogens (tertiary/aromatic N) is 1. The molecule has 0 spiro atoms. The summed E-state index contributed by atoms with van der Waals surface area (Å²) in [7, 11) is 1.62. The Morgan fingerprint density at radius 1 is 1.15 bits per heavy atom. The summed E-state index contributed by atoms with van der Waals surface area (Å²) in [6.45, 7) is 3.91. The molecule has 0 radical (unpaired) electrons. The van der Waals surface area contributed by atoms with E-state index in [1.54, 1.807) is 13.2 Å². The van der Waals surface area contributed by atoms with Gasteiger partial charge in [0.25, 0.3) is 0 Å². The van der Waals surface area contributed by atoms with Crippen molar-refractivity contribution >= 4 is 17.5 Å². The number of nitrogens with one attached hydrogen (secondary N) is 1. The number of fused-ring (bicyclic) bond motifs is 1. The van der Waals surface area contributed by atoms with Crippen LogP contribution in [-0.2, 0) is 9.59 Å². The van der Waals surface area contributed by atoms with Crippen molar-refractivity contribution in [1.29, 1.82) is 0 Å².